The van der Waals surface area contributed by atoms with Crippen molar-refractivity contribution in [3.8, 4) is 5.75 Å². The number of likely N-dealkylation sites (N-methyl/N-ethyl adjacent to an activating group) is 1. The molecule has 0 aliphatic carbocycles. The summed E-state index contributed by atoms with van der Waals surface area (Å²) in [5.41, 5.74) is 4.06. The first-order chi connectivity index (χ1) is 10.1. The van der Waals surface area contributed by atoms with Crippen LogP contribution in [0, 0.1) is 6.92 Å². The maximum atomic E-state index is 5.28. The number of hydrogen-bond donors (Lipinski definition) is 1. The third-order valence-corrected chi connectivity index (χ3v) is 4.45. The smallest absolute Gasteiger partial charge is 0.133 e. The predicted octanol–water partition coefficient (Wildman–Crippen LogP) is 4.14. The molecule has 0 spiro atoms. The van der Waals surface area contributed by atoms with Gasteiger partial charge in [0.2, 0.25) is 0 Å². The lowest BCUT2D eigenvalue weighted by molar-refractivity contribution is 0.412. The van der Waals surface area contributed by atoms with Crippen LogP contribution >= 0.6 is 15.9 Å². The van der Waals surface area contributed by atoms with Gasteiger partial charge in [-0.2, -0.15) is 0 Å². The van der Waals surface area contributed by atoms with Gasteiger partial charge in [0.1, 0.15) is 5.75 Å². The molecular formula is C18H22BrNO. The van der Waals surface area contributed by atoms with Gasteiger partial charge in [0.25, 0.3) is 0 Å². The highest BCUT2D eigenvalue weighted by Gasteiger charge is 2.11. The number of benzene rings is 2. The van der Waals surface area contributed by atoms with E-state index in [0.717, 1.165) is 23.1 Å². The summed E-state index contributed by atoms with van der Waals surface area (Å²) in [7, 11) is 3.72. The molecule has 0 heterocycles. The third-order valence-electron chi connectivity index (χ3n) is 3.83. The molecule has 0 fully saturated rings. The van der Waals surface area contributed by atoms with E-state index in [2.05, 4.69) is 64.6 Å². The van der Waals surface area contributed by atoms with E-state index in [1.165, 1.54) is 16.7 Å². The Bertz CT molecular complexity index is 598. The SMILES string of the molecule is CNC(Cc1ccc(OC)c(Br)c1)Cc1ccccc1C. The first-order valence-electron chi connectivity index (χ1n) is 7.18. The van der Waals surface area contributed by atoms with Gasteiger partial charge in [-0.05, 0) is 71.6 Å². The molecule has 2 aromatic rings. The molecule has 2 aromatic carbocycles. The highest BCUT2D eigenvalue weighted by atomic mass is 79.9. The van der Waals surface area contributed by atoms with Crippen molar-refractivity contribution in [2.45, 2.75) is 25.8 Å². The number of aryl methyl sites for hydroxylation is 1. The third kappa shape index (κ3) is 4.32. The molecule has 0 aromatic heterocycles. The van der Waals surface area contributed by atoms with Crippen molar-refractivity contribution in [1.29, 1.82) is 0 Å². The van der Waals surface area contributed by atoms with Crippen molar-refractivity contribution in [2.24, 2.45) is 0 Å². The van der Waals surface area contributed by atoms with Gasteiger partial charge in [-0.25, -0.2) is 0 Å². The second kappa shape index (κ2) is 7.62. The highest BCUT2D eigenvalue weighted by Crippen LogP contribution is 2.26. The molecule has 21 heavy (non-hydrogen) atoms. The van der Waals surface area contributed by atoms with Crippen LogP contribution in [-0.2, 0) is 12.8 Å². The maximum Gasteiger partial charge on any atom is 0.133 e. The van der Waals surface area contributed by atoms with E-state index in [1.54, 1.807) is 7.11 Å². The number of hydrogen-bond acceptors (Lipinski definition) is 2. The largest absolute Gasteiger partial charge is 0.496 e. The Kier molecular flexibility index (Phi) is 5.83. The Labute approximate surface area is 135 Å². The second-order valence-electron chi connectivity index (χ2n) is 5.29. The lowest BCUT2D eigenvalue weighted by Crippen LogP contribution is -2.30. The standard InChI is InChI=1S/C18H22BrNO/c1-13-6-4-5-7-15(13)12-16(20-2)10-14-8-9-18(21-3)17(19)11-14/h4-9,11,16,20H,10,12H2,1-3H3. The van der Waals surface area contributed by atoms with Crippen molar-refractivity contribution in [2.75, 3.05) is 14.2 Å². The van der Waals surface area contributed by atoms with E-state index >= 15 is 0 Å². The van der Waals surface area contributed by atoms with E-state index in [1.807, 2.05) is 13.1 Å². The number of nitrogens with one attached hydrogen (secondary N) is 1. The fourth-order valence-corrected chi connectivity index (χ4v) is 3.09. The minimum absolute atomic E-state index is 0.423. The fourth-order valence-electron chi connectivity index (χ4n) is 2.50. The minimum Gasteiger partial charge on any atom is -0.496 e. The van der Waals surface area contributed by atoms with Gasteiger partial charge in [0.15, 0.2) is 0 Å². The Morgan fingerprint density at radius 3 is 2.52 bits per heavy atom. The van der Waals surface area contributed by atoms with E-state index in [0.29, 0.717) is 6.04 Å². The van der Waals surface area contributed by atoms with Crippen LogP contribution in [-0.4, -0.2) is 20.2 Å². The van der Waals surface area contributed by atoms with Crippen molar-refractivity contribution >= 4 is 15.9 Å². The lowest BCUT2D eigenvalue weighted by Gasteiger charge is -2.18. The zero-order valence-electron chi connectivity index (χ0n) is 12.8. The number of methoxy groups -OCH3 is 1. The molecule has 0 radical (unpaired) electrons. The normalized spacial score (nSPS) is 12.2. The Balaban J connectivity index is 2.09. The summed E-state index contributed by atoms with van der Waals surface area (Å²) in [5, 5.41) is 3.43. The number of ether oxygens (including phenoxy) is 1. The molecular weight excluding hydrogens is 326 g/mol. The molecule has 112 valence electrons. The van der Waals surface area contributed by atoms with Crippen LogP contribution in [0.3, 0.4) is 0 Å². The molecule has 2 nitrogen and oxygen atoms in total. The van der Waals surface area contributed by atoms with Gasteiger partial charge < -0.3 is 10.1 Å². The average Bonchev–Trinajstić information content (AvgIpc) is 2.49. The number of rotatable bonds is 6. The van der Waals surface area contributed by atoms with Gasteiger partial charge >= 0.3 is 0 Å². The molecule has 1 atom stereocenters. The first-order valence-corrected chi connectivity index (χ1v) is 7.97. The summed E-state index contributed by atoms with van der Waals surface area (Å²) in [6, 6.07) is 15.3. The summed E-state index contributed by atoms with van der Waals surface area (Å²) < 4.78 is 6.29. The van der Waals surface area contributed by atoms with Crippen LogP contribution in [0.1, 0.15) is 16.7 Å². The van der Waals surface area contributed by atoms with Crippen LogP contribution in [0.2, 0.25) is 0 Å². The summed E-state index contributed by atoms with van der Waals surface area (Å²) in [4.78, 5) is 0. The topological polar surface area (TPSA) is 21.3 Å². The van der Waals surface area contributed by atoms with E-state index in [4.69, 9.17) is 4.74 Å². The fraction of sp³-hybridized carbons (Fsp3) is 0.333. The molecule has 3 heteroatoms. The van der Waals surface area contributed by atoms with Crippen molar-refractivity contribution in [3.63, 3.8) is 0 Å². The highest BCUT2D eigenvalue weighted by molar-refractivity contribution is 9.10. The molecule has 2 rings (SSSR count). The van der Waals surface area contributed by atoms with Crippen LogP contribution in [0.4, 0.5) is 0 Å². The van der Waals surface area contributed by atoms with Crippen molar-refractivity contribution < 1.29 is 4.74 Å². The Morgan fingerprint density at radius 1 is 1.14 bits per heavy atom. The number of halogens is 1. The van der Waals surface area contributed by atoms with E-state index in [9.17, 15) is 0 Å². The van der Waals surface area contributed by atoms with Gasteiger partial charge in [-0.1, -0.05) is 30.3 Å². The van der Waals surface area contributed by atoms with Crippen molar-refractivity contribution in [3.05, 3.63) is 63.6 Å². The second-order valence-corrected chi connectivity index (χ2v) is 6.14. The Hall–Kier alpha value is -1.32. The van der Waals surface area contributed by atoms with Gasteiger partial charge in [0, 0.05) is 6.04 Å². The molecule has 0 aliphatic heterocycles. The van der Waals surface area contributed by atoms with E-state index in [-0.39, 0.29) is 0 Å². The quantitative estimate of drug-likeness (QED) is 0.847. The van der Waals surface area contributed by atoms with Crippen molar-refractivity contribution in [1.82, 2.24) is 5.32 Å². The molecule has 0 amide bonds. The molecule has 0 bridgehead atoms. The monoisotopic (exact) mass is 347 g/mol. The average molecular weight is 348 g/mol. The van der Waals surface area contributed by atoms with Crippen LogP contribution in [0.5, 0.6) is 5.75 Å². The zero-order chi connectivity index (χ0) is 15.2. The predicted molar refractivity (Wildman–Crippen MR) is 92.1 cm³/mol. The first kappa shape index (κ1) is 16.1. The molecule has 1 N–H and O–H groups in total. The van der Waals surface area contributed by atoms with Gasteiger partial charge in [-0.3, -0.25) is 0 Å². The zero-order valence-corrected chi connectivity index (χ0v) is 14.4. The summed E-state index contributed by atoms with van der Waals surface area (Å²) >= 11 is 3.55. The molecule has 1 unspecified atom stereocenters. The molecule has 0 aliphatic rings. The minimum atomic E-state index is 0.423. The summed E-state index contributed by atoms with van der Waals surface area (Å²) in [5.74, 6) is 0.874. The molecule has 0 saturated carbocycles. The lowest BCUT2D eigenvalue weighted by atomic mass is 9.96. The van der Waals surface area contributed by atoms with Crippen LogP contribution in [0.15, 0.2) is 46.9 Å². The Morgan fingerprint density at radius 2 is 1.90 bits per heavy atom. The van der Waals surface area contributed by atoms with E-state index < -0.39 is 0 Å². The molecule has 0 saturated heterocycles. The van der Waals surface area contributed by atoms with Gasteiger partial charge in [-0.15, -0.1) is 0 Å². The van der Waals surface area contributed by atoms with Gasteiger partial charge in [0.05, 0.1) is 11.6 Å². The maximum absolute atomic E-state index is 5.28. The summed E-state index contributed by atoms with van der Waals surface area (Å²) in [6.07, 6.45) is 2.03. The van der Waals surface area contributed by atoms with Crippen LogP contribution in [0.25, 0.3) is 0 Å². The summed E-state index contributed by atoms with van der Waals surface area (Å²) in [6.45, 7) is 2.17. The van der Waals surface area contributed by atoms with Crippen LogP contribution < -0.4 is 10.1 Å².